The number of amides is 1. The van der Waals surface area contributed by atoms with Crippen LogP contribution in [0.1, 0.15) is 6.92 Å². The molecule has 0 saturated carbocycles. The van der Waals surface area contributed by atoms with Crippen molar-refractivity contribution in [1.82, 2.24) is 5.32 Å². The molecule has 0 aromatic rings. The molecule has 3 aliphatic heterocycles. The van der Waals surface area contributed by atoms with Gasteiger partial charge in [-0.3, -0.25) is 4.79 Å². The predicted molar refractivity (Wildman–Crippen MR) is 113 cm³/mol. The van der Waals surface area contributed by atoms with E-state index in [1.807, 2.05) is 0 Å². The molecular formula is C20H35NO16. The zero-order chi connectivity index (χ0) is 27.7. The third-order valence-corrected chi connectivity index (χ3v) is 6.68. The van der Waals surface area contributed by atoms with E-state index in [-0.39, 0.29) is 0 Å². The zero-order valence-electron chi connectivity index (χ0n) is 19.8. The lowest BCUT2D eigenvalue weighted by Gasteiger charge is -2.46. The van der Waals surface area contributed by atoms with Gasteiger partial charge in [0.05, 0.1) is 19.8 Å². The summed E-state index contributed by atoms with van der Waals surface area (Å²) >= 11 is 0. The number of hydrogen-bond donors (Lipinski definition) is 11. The van der Waals surface area contributed by atoms with Crippen LogP contribution in [0.25, 0.3) is 0 Å². The zero-order valence-corrected chi connectivity index (χ0v) is 19.8. The highest BCUT2D eigenvalue weighted by atomic mass is 16.8. The van der Waals surface area contributed by atoms with Crippen molar-refractivity contribution in [2.24, 2.45) is 0 Å². The standard InChI is InChI=1S/C20H35NO16/c1-7(26)21-11-15(30)12(27)8(2-22)34-18(11)37-20(17(32)14(29)10(4-24)36-20)6-33-19(5-25)16(31)13(28)9(3-23)35-19/h8-18,22-25,27-32H,2-6H2,1H3,(H,21,26)/t8-,9-,10-,11-,12-,13-,14-,15-,16+,17+,18-,19-,20+/m1/s1. The van der Waals surface area contributed by atoms with Gasteiger partial charge in [0.25, 0.3) is 0 Å². The molecule has 17 heteroatoms. The molecule has 216 valence electrons. The molecule has 0 aromatic heterocycles. The SMILES string of the molecule is CC(=O)N[C@H]1[C@@H](O[C@]2(CO[C@]3(CO)O[C@H](CO)[C@@H](O)[C@@H]3O)O[C@H](CO)[C@@H](O)[C@@H]2O)O[C@H](CO)[C@@H](O)[C@@H]1O. The quantitative estimate of drug-likeness (QED) is 0.122. The summed E-state index contributed by atoms with van der Waals surface area (Å²) in [6.07, 6.45) is -16.8. The molecular weight excluding hydrogens is 510 g/mol. The molecule has 0 bridgehead atoms. The average Bonchev–Trinajstić information content (AvgIpc) is 3.27. The van der Waals surface area contributed by atoms with E-state index >= 15 is 0 Å². The molecule has 3 aliphatic rings. The van der Waals surface area contributed by atoms with Crippen LogP contribution >= 0.6 is 0 Å². The van der Waals surface area contributed by atoms with E-state index in [9.17, 15) is 55.9 Å². The van der Waals surface area contributed by atoms with E-state index in [0.29, 0.717) is 0 Å². The van der Waals surface area contributed by atoms with Gasteiger partial charge in [0, 0.05) is 6.92 Å². The lowest BCUT2D eigenvalue weighted by atomic mass is 9.96. The fraction of sp³-hybridized carbons (Fsp3) is 0.950. The molecule has 13 atom stereocenters. The number of hydrogen-bond acceptors (Lipinski definition) is 16. The maximum Gasteiger partial charge on any atom is 0.224 e. The number of aliphatic hydroxyl groups is 10. The number of carbonyl (C=O) groups excluding carboxylic acids is 1. The first-order valence-electron chi connectivity index (χ1n) is 11.5. The van der Waals surface area contributed by atoms with Gasteiger partial charge >= 0.3 is 0 Å². The van der Waals surface area contributed by atoms with Gasteiger partial charge in [-0.05, 0) is 0 Å². The molecule has 0 radical (unpaired) electrons. The minimum Gasteiger partial charge on any atom is -0.394 e. The summed E-state index contributed by atoms with van der Waals surface area (Å²) < 4.78 is 27.6. The van der Waals surface area contributed by atoms with Crippen molar-refractivity contribution in [2.75, 3.05) is 33.0 Å². The monoisotopic (exact) mass is 545 g/mol. The van der Waals surface area contributed by atoms with E-state index in [0.717, 1.165) is 6.92 Å². The number of rotatable bonds is 10. The van der Waals surface area contributed by atoms with E-state index in [4.69, 9.17) is 23.7 Å². The van der Waals surface area contributed by atoms with Crippen molar-refractivity contribution < 1.29 is 79.5 Å². The molecule has 3 saturated heterocycles. The van der Waals surface area contributed by atoms with Gasteiger partial charge in [0.2, 0.25) is 17.5 Å². The van der Waals surface area contributed by atoms with E-state index in [2.05, 4.69) is 5.32 Å². The first-order chi connectivity index (χ1) is 17.4. The van der Waals surface area contributed by atoms with Crippen LogP contribution in [0.4, 0.5) is 0 Å². The lowest BCUT2D eigenvalue weighted by Crippen LogP contribution is -2.67. The Morgan fingerprint density at radius 2 is 1.30 bits per heavy atom. The second-order valence-electron chi connectivity index (χ2n) is 9.17. The number of nitrogens with one attached hydrogen (secondary N) is 1. The van der Waals surface area contributed by atoms with Crippen LogP contribution in [0.5, 0.6) is 0 Å². The van der Waals surface area contributed by atoms with Crippen molar-refractivity contribution in [2.45, 2.75) is 85.8 Å². The molecule has 0 aliphatic carbocycles. The summed E-state index contributed by atoms with van der Waals surface area (Å²) in [5.41, 5.74) is 0. The van der Waals surface area contributed by atoms with Crippen LogP contribution in [0.15, 0.2) is 0 Å². The van der Waals surface area contributed by atoms with Gasteiger partial charge in [0.1, 0.15) is 74.2 Å². The maximum atomic E-state index is 11.7. The Morgan fingerprint density at radius 3 is 1.76 bits per heavy atom. The molecule has 3 fully saturated rings. The maximum absolute atomic E-state index is 11.7. The van der Waals surface area contributed by atoms with Crippen molar-refractivity contribution in [1.29, 1.82) is 0 Å². The number of carbonyl (C=O) groups is 1. The number of ether oxygens (including phenoxy) is 5. The van der Waals surface area contributed by atoms with Crippen LogP contribution in [0.3, 0.4) is 0 Å². The number of aliphatic hydroxyl groups excluding tert-OH is 10. The second kappa shape index (κ2) is 11.9. The molecule has 11 N–H and O–H groups in total. The van der Waals surface area contributed by atoms with Crippen LogP contribution < -0.4 is 5.32 Å². The van der Waals surface area contributed by atoms with Crippen molar-refractivity contribution in [3.8, 4) is 0 Å². The first-order valence-corrected chi connectivity index (χ1v) is 11.5. The minimum absolute atomic E-state index is 0.687. The fourth-order valence-electron chi connectivity index (χ4n) is 4.55. The summed E-state index contributed by atoms with van der Waals surface area (Å²) in [4.78, 5) is 11.7. The third-order valence-electron chi connectivity index (χ3n) is 6.68. The van der Waals surface area contributed by atoms with Crippen LogP contribution in [0, 0.1) is 0 Å². The topological polar surface area (TPSA) is 278 Å². The Bertz CT molecular complexity index is 777. The highest BCUT2D eigenvalue weighted by Crippen LogP contribution is 2.39. The highest BCUT2D eigenvalue weighted by Gasteiger charge is 2.62. The normalized spacial score (nSPS) is 48.4. The van der Waals surface area contributed by atoms with Gasteiger partial charge in [-0.1, -0.05) is 0 Å². The van der Waals surface area contributed by atoms with E-state index in [1.165, 1.54) is 0 Å². The Hall–Kier alpha value is -1.13. The summed E-state index contributed by atoms with van der Waals surface area (Å²) in [5.74, 6) is -5.54. The van der Waals surface area contributed by atoms with Crippen molar-refractivity contribution in [3.63, 3.8) is 0 Å². The van der Waals surface area contributed by atoms with Gasteiger partial charge in [-0.25, -0.2) is 0 Å². The van der Waals surface area contributed by atoms with Crippen LogP contribution in [0.2, 0.25) is 0 Å². The Kier molecular flexibility index (Phi) is 9.82. The van der Waals surface area contributed by atoms with Crippen LogP contribution in [-0.4, -0.2) is 169 Å². The van der Waals surface area contributed by atoms with Crippen molar-refractivity contribution >= 4 is 5.91 Å². The van der Waals surface area contributed by atoms with Gasteiger partial charge in [0.15, 0.2) is 6.29 Å². The largest absolute Gasteiger partial charge is 0.394 e. The second-order valence-corrected chi connectivity index (χ2v) is 9.17. The molecule has 1 amide bonds. The van der Waals surface area contributed by atoms with E-state index < -0.39 is 118 Å². The molecule has 0 unspecified atom stereocenters. The fourth-order valence-corrected chi connectivity index (χ4v) is 4.55. The molecule has 0 aromatic carbocycles. The molecule has 17 nitrogen and oxygen atoms in total. The summed E-state index contributed by atoms with van der Waals surface area (Å²) in [5, 5.41) is 103. The summed E-state index contributed by atoms with van der Waals surface area (Å²) in [6.45, 7) is -3.34. The smallest absolute Gasteiger partial charge is 0.224 e. The predicted octanol–water partition coefficient (Wildman–Crippen LogP) is -7.43. The highest BCUT2D eigenvalue weighted by molar-refractivity contribution is 5.73. The lowest BCUT2D eigenvalue weighted by molar-refractivity contribution is -0.388. The minimum atomic E-state index is -2.50. The van der Waals surface area contributed by atoms with Gasteiger partial charge < -0.3 is 80.1 Å². The molecule has 3 rings (SSSR count). The first kappa shape index (κ1) is 30.4. The molecule has 37 heavy (non-hydrogen) atoms. The van der Waals surface area contributed by atoms with Crippen molar-refractivity contribution in [3.05, 3.63) is 0 Å². The molecule has 3 heterocycles. The summed E-state index contributed by atoms with van der Waals surface area (Å²) in [7, 11) is 0. The summed E-state index contributed by atoms with van der Waals surface area (Å²) in [6, 6.07) is -1.51. The molecule has 0 spiro atoms. The van der Waals surface area contributed by atoms with Gasteiger partial charge in [-0.2, -0.15) is 0 Å². The Labute approximate surface area is 210 Å². The Morgan fingerprint density at radius 1 is 0.784 bits per heavy atom. The van der Waals surface area contributed by atoms with Gasteiger partial charge in [-0.15, -0.1) is 0 Å². The average molecular weight is 545 g/mol. The third kappa shape index (κ3) is 5.62. The Balaban J connectivity index is 1.94. The van der Waals surface area contributed by atoms with Crippen LogP contribution in [-0.2, 0) is 28.5 Å². The van der Waals surface area contributed by atoms with E-state index in [1.54, 1.807) is 0 Å².